The van der Waals surface area contributed by atoms with Gasteiger partial charge in [0.1, 0.15) is 4.90 Å². The first-order valence-corrected chi connectivity index (χ1v) is 8.21. The van der Waals surface area contributed by atoms with Gasteiger partial charge >= 0.3 is 0 Å². The molecular formula is C12H13F2N3O2S2. The van der Waals surface area contributed by atoms with Crippen molar-refractivity contribution in [2.45, 2.75) is 18.4 Å². The van der Waals surface area contributed by atoms with E-state index in [0.29, 0.717) is 5.56 Å². The third-order valence-electron chi connectivity index (χ3n) is 2.57. The third kappa shape index (κ3) is 3.55. The number of halogens is 2. The molecule has 0 fully saturated rings. The smallest absolute Gasteiger partial charge is 0.266 e. The maximum atomic E-state index is 13.8. The van der Waals surface area contributed by atoms with Gasteiger partial charge in [0.25, 0.3) is 10.0 Å². The number of hydrogen-bond acceptors (Lipinski definition) is 5. The van der Waals surface area contributed by atoms with Crippen LogP contribution in [0.25, 0.3) is 0 Å². The lowest BCUT2D eigenvalue weighted by Crippen LogP contribution is -2.16. The highest BCUT2D eigenvalue weighted by atomic mass is 32.2. The van der Waals surface area contributed by atoms with E-state index in [0.717, 1.165) is 28.3 Å². The summed E-state index contributed by atoms with van der Waals surface area (Å²) in [5.74, 6) is -2.62. The van der Waals surface area contributed by atoms with Gasteiger partial charge in [-0.05, 0) is 31.7 Å². The SMILES string of the molecule is CNCc1cc(F)c(F)c(S(=O)(=O)Nc2ncc(C)s2)c1. The van der Waals surface area contributed by atoms with Crippen molar-refractivity contribution >= 4 is 26.5 Å². The minimum Gasteiger partial charge on any atom is -0.316 e. The zero-order valence-electron chi connectivity index (χ0n) is 11.3. The summed E-state index contributed by atoms with van der Waals surface area (Å²) in [6.07, 6.45) is 1.48. The Hall–Kier alpha value is -1.58. The van der Waals surface area contributed by atoms with Gasteiger partial charge in [-0.25, -0.2) is 22.2 Å². The number of rotatable bonds is 5. The maximum Gasteiger partial charge on any atom is 0.266 e. The van der Waals surface area contributed by atoms with Crippen LogP contribution in [0.5, 0.6) is 0 Å². The second kappa shape index (κ2) is 6.04. The Labute approximate surface area is 125 Å². The van der Waals surface area contributed by atoms with Crippen LogP contribution in [0, 0.1) is 18.6 Å². The summed E-state index contributed by atoms with van der Waals surface area (Å²) in [6.45, 7) is 1.97. The molecule has 1 heterocycles. The molecule has 0 aliphatic heterocycles. The summed E-state index contributed by atoms with van der Waals surface area (Å²) in [5, 5.41) is 2.85. The molecule has 114 valence electrons. The van der Waals surface area contributed by atoms with Crippen LogP contribution in [0.2, 0.25) is 0 Å². The summed E-state index contributed by atoms with van der Waals surface area (Å²) >= 11 is 1.10. The molecule has 0 spiro atoms. The van der Waals surface area contributed by atoms with Crippen LogP contribution in [0.4, 0.5) is 13.9 Å². The van der Waals surface area contributed by atoms with Crippen molar-refractivity contribution in [3.8, 4) is 0 Å². The largest absolute Gasteiger partial charge is 0.316 e. The van der Waals surface area contributed by atoms with Crippen LogP contribution < -0.4 is 10.0 Å². The molecule has 1 aromatic carbocycles. The molecule has 0 aliphatic carbocycles. The van der Waals surface area contributed by atoms with E-state index < -0.39 is 26.6 Å². The van der Waals surface area contributed by atoms with Crippen LogP contribution >= 0.6 is 11.3 Å². The van der Waals surface area contributed by atoms with E-state index in [-0.39, 0.29) is 11.7 Å². The fourth-order valence-electron chi connectivity index (χ4n) is 1.69. The van der Waals surface area contributed by atoms with Crippen molar-refractivity contribution in [1.29, 1.82) is 0 Å². The molecule has 2 aromatic rings. The number of nitrogens with zero attached hydrogens (tertiary/aromatic N) is 1. The van der Waals surface area contributed by atoms with Crippen LogP contribution in [0.15, 0.2) is 23.2 Å². The van der Waals surface area contributed by atoms with Crippen LogP contribution in [0.1, 0.15) is 10.4 Å². The average Bonchev–Trinajstić information content (AvgIpc) is 2.78. The lowest BCUT2D eigenvalue weighted by Gasteiger charge is -2.09. The number of thiazole rings is 1. The van der Waals surface area contributed by atoms with Gasteiger partial charge in [-0.15, -0.1) is 11.3 Å². The quantitative estimate of drug-likeness (QED) is 0.880. The monoisotopic (exact) mass is 333 g/mol. The van der Waals surface area contributed by atoms with Gasteiger partial charge in [-0.3, -0.25) is 4.72 Å². The van der Waals surface area contributed by atoms with Crippen molar-refractivity contribution in [3.05, 3.63) is 40.4 Å². The minimum absolute atomic E-state index is 0.103. The minimum atomic E-state index is -4.24. The van der Waals surface area contributed by atoms with Gasteiger partial charge < -0.3 is 5.32 Å². The lowest BCUT2D eigenvalue weighted by molar-refractivity contribution is 0.483. The van der Waals surface area contributed by atoms with Gasteiger partial charge in [0.2, 0.25) is 0 Å². The molecule has 0 bridgehead atoms. The van der Waals surface area contributed by atoms with Crippen molar-refractivity contribution in [3.63, 3.8) is 0 Å². The molecule has 1 aromatic heterocycles. The van der Waals surface area contributed by atoms with Crippen molar-refractivity contribution in [1.82, 2.24) is 10.3 Å². The van der Waals surface area contributed by atoms with Gasteiger partial charge in [0, 0.05) is 17.6 Å². The molecule has 0 amide bonds. The number of hydrogen-bond donors (Lipinski definition) is 2. The van der Waals surface area contributed by atoms with Crippen molar-refractivity contribution in [2.24, 2.45) is 0 Å². The summed E-state index contributed by atoms with van der Waals surface area (Å²) in [4.78, 5) is 3.90. The van der Waals surface area contributed by atoms with Crippen LogP contribution in [-0.2, 0) is 16.6 Å². The molecule has 0 radical (unpaired) electrons. The second-order valence-corrected chi connectivity index (χ2v) is 7.19. The van der Waals surface area contributed by atoms with E-state index in [4.69, 9.17) is 0 Å². The molecule has 5 nitrogen and oxygen atoms in total. The summed E-state index contributed by atoms with van der Waals surface area (Å²) in [7, 11) is -2.62. The van der Waals surface area contributed by atoms with E-state index >= 15 is 0 Å². The summed E-state index contributed by atoms with van der Waals surface area (Å²) < 4.78 is 53.8. The highest BCUT2D eigenvalue weighted by molar-refractivity contribution is 7.93. The molecule has 0 unspecified atom stereocenters. The Morgan fingerprint density at radius 2 is 2.05 bits per heavy atom. The Morgan fingerprint density at radius 3 is 2.62 bits per heavy atom. The molecule has 21 heavy (non-hydrogen) atoms. The van der Waals surface area contributed by atoms with E-state index in [9.17, 15) is 17.2 Å². The maximum absolute atomic E-state index is 13.8. The van der Waals surface area contributed by atoms with Gasteiger partial charge in [0.15, 0.2) is 16.8 Å². The Morgan fingerprint density at radius 1 is 1.33 bits per heavy atom. The first-order valence-electron chi connectivity index (χ1n) is 5.91. The Kier molecular flexibility index (Phi) is 4.55. The highest BCUT2D eigenvalue weighted by Gasteiger charge is 2.24. The number of aromatic nitrogens is 1. The molecular weight excluding hydrogens is 320 g/mol. The Balaban J connectivity index is 2.43. The number of nitrogens with one attached hydrogen (secondary N) is 2. The summed E-state index contributed by atoms with van der Waals surface area (Å²) in [5.41, 5.74) is 0.326. The molecule has 0 aliphatic rings. The third-order valence-corrected chi connectivity index (χ3v) is 4.86. The van der Waals surface area contributed by atoms with E-state index in [2.05, 4.69) is 15.0 Å². The van der Waals surface area contributed by atoms with E-state index in [1.807, 2.05) is 0 Å². The molecule has 2 N–H and O–H groups in total. The van der Waals surface area contributed by atoms with E-state index in [1.54, 1.807) is 14.0 Å². The normalized spacial score (nSPS) is 11.6. The van der Waals surface area contributed by atoms with Gasteiger partial charge in [-0.2, -0.15) is 0 Å². The molecule has 9 heteroatoms. The van der Waals surface area contributed by atoms with Crippen molar-refractivity contribution in [2.75, 3.05) is 11.8 Å². The molecule has 2 rings (SSSR count). The predicted octanol–water partition coefficient (Wildman–Crippen LogP) is 2.25. The van der Waals surface area contributed by atoms with Crippen molar-refractivity contribution < 1.29 is 17.2 Å². The molecule has 0 saturated carbocycles. The number of aryl methyl sites for hydroxylation is 1. The predicted molar refractivity (Wildman–Crippen MR) is 76.8 cm³/mol. The number of benzene rings is 1. The standard InChI is InChI=1S/C12H13F2N3O2S2/c1-7-5-16-12(20-7)17-21(18,19)10-4-8(6-15-2)3-9(13)11(10)14/h3-5,15H,6H2,1-2H3,(H,16,17). The zero-order chi connectivity index (χ0) is 15.6. The topological polar surface area (TPSA) is 71.1 Å². The van der Waals surface area contributed by atoms with Gasteiger partial charge in [-0.1, -0.05) is 0 Å². The first kappa shape index (κ1) is 15.8. The first-order chi connectivity index (χ1) is 9.83. The average molecular weight is 333 g/mol. The van der Waals surface area contributed by atoms with Gasteiger partial charge in [0.05, 0.1) is 0 Å². The molecule has 0 saturated heterocycles. The van der Waals surface area contributed by atoms with Crippen LogP contribution in [0.3, 0.4) is 0 Å². The lowest BCUT2D eigenvalue weighted by atomic mass is 10.2. The van der Waals surface area contributed by atoms with Crippen LogP contribution in [-0.4, -0.2) is 20.4 Å². The zero-order valence-corrected chi connectivity index (χ0v) is 12.9. The second-order valence-electron chi connectivity index (χ2n) is 4.30. The number of sulfonamides is 1. The fourth-order valence-corrected chi connectivity index (χ4v) is 3.73. The highest BCUT2D eigenvalue weighted by Crippen LogP contribution is 2.24. The van der Waals surface area contributed by atoms with E-state index in [1.165, 1.54) is 6.20 Å². The molecule has 0 atom stereocenters. The Bertz CT molecular complexity index is 760. The fraction of sp³-hybridized carbons (Fsp3) is 0.250. The summed E-state index contributed by atoms with van der Waals surface area (Å²) in [6, 6.07) is 2.05. The number of anilines is 1.